The van der Waals surface area contributed by atoms with Gasteiger partial charge in [0.2, 0.25) is 0 Å². The van der Waals surface area contributed by atoms with Gasteiger partial charge in [-0.1, -0.05) is 18.2 Å². The second-order valence-electron chi connectivity index (χ2n) is 6.71. The first-order valence-electron chi connectivity index (χ1n) is 8.58. The van der Waals surface area contributed by atoms with Crippen molar-refractivity contribution < 1.29 is 19.7 Å². The number of nitrogens with zero attached hydrogens (tertiary/aromatic N) is 1. The quantitative estimate of drug-likeness (QED) is 0.756. The Bertz CT molecular complexity index is 1010. The number of carboxylic acid groups (broad SMARTS) is 1. The van der Waals surface area contributed by atoms with Crippen molar-refractivity contribution in [3.05, 3.63) is 59.8 Å². The number of rotatable bonds is 3. The fourth-order valence-electron chi connectivity index (χ4n) is 3.55. The van der Waals surface area contributed by atoms with E-state index < -0.39 is 11.6 Å². The topological polar surface area (TPSA) is 79.7 Å². The Kier molecular flexibility index (Phi) is 3.89. The third-order valence-electron chi connectivity index (χ3n) is 4.91. The van der Waals surface area contributed by atoms with Gasteiger partial charge in [-0.05, 0) is 60.7 Å². The van der Waals surface area contributed by atoms with Crippen LogP contribution in [0.4, 0.5) is 0 Å². The first-order chi connectivity index (χ1) is 12.5. The first kappa shape index (κ1) is 16.5. The molecule has 1 aliphatic heterocycles. The van der Waals surface area contributed by atoms with E-state index >= 15 is 0 Å². The predicted octanol–water partition coefficient (Wildman–Crippen LogP) is 3.52. The third-order valence-corrected chi connectivity index (χ3v) is 4.91. The minimum atomic E-state index is -2.04. The molecule has 5 heteroatoms. The zero-order chi connectivity index (χ0) is 18.3. The second kappa shape index (κ2) is 6.11. The lowest BCUT2D eigenvalue weighted by Crippen LogP contribution is -2.32. The molecule has 0 fully saturated rings. The van der Waals surface area contributed by atoms with Crippen LogP contribution in [0.1, 0.15) is 24.5 Å². The lowest BCUT2D eigenvalue weighted by atomic mass is 9.84. The monoisotopic (exact) mass is 349 g/mol. The highest BCUT2D eigenvalue weighted by Gasteiger charge is 2.36. The molecule has 0 saturated heterocycles. The van der Waals surface area contributed by atoms with Gasteiger partial charge in [0, 0.05) is 17.1 Å². The molecular weight excluding hydrogens is 330 g/mol. The van der Waals surface area contributed by atoms with Crippen LogP contribution in [0.5, 0.6) is 5.75 Å². The number of pyridine rings is 1. The van der Waals surface area contributed by atoms with E-state index in [9.17, 15) is 15.0 Å². The van der Waals surface area contributed by atoms with Crippen molar-refractivity contribution in [3.8, 4) is 16.9 Å². The number of ether oxygens (including phenoxy) is 1. The van der Waals surface area contributed by atoms with Gasteiger partial charge in [-0.25, -0.2) is 4.79 Å². The molecule has 26 heavy (non-hydrogen) atoms. The molecule has 0 radical (unpaired) electrons. The number of carbonyl (C=O) groups is 1. The minimum Gasteiger partial charge on any atom is -0.493 e. The number of benzene rings is 2. The summed E-state index contributed by atoms with van der Waals surface area (Å²) in [4.78, 5) is 16.1. The van der Waals surface area contributed by atoms with Crippen molar-refractivity contribution in [1.29, 1.82) is 0 Å². The Morgan fingerprint density at radius 1 is 1.23 bits per heavy atom. The van der Waals surface area contributed by atoms with Crippen LogP contribution in [0.25, 0.3) is 22.0 Å². The molecule has 132 valence electrons. The summed E-state index contributed by atoms with van der Waals surface area (Å²) in [6.07, 6.45) is 3.53. The largest absolute Gasteiger partial charge is 0.493 e. The Labute approximate surface area is 150 Å². The average molecular weight is 349 g/mol. The molecule has 4 rings (SSSR count). The number of hydrogen-bond acceptors (Lipinski definition) is 4. The molecular formula is C21H19NO4. The lowest BCUT2D eigenvalue weighted by molar-refractivity contribution is -0.157. The van der Waals surface area contributed by atoms with Gasteiger partial charge in [0.15, 0.2) is 5.60 Å². The van der Waals surface area contributed by atoms with Gasteiger partial charge >= 0.3 is 5.97 Å². The van der Waals surface area contributed by atoms with Gasteiger partial charge in [-0.2, -0.15) is 0 Å². The average Bonchev–Trinajstić information content (AvgIpc) is 2.66. The van der Waals surface area contributed by atoms with Crippen molar-refractivity contribution in [2.75, 3.05) is 6.61 Å². The number of carboxylic acids is 1. The standard InChI is InChI=1S/C21H19NO4/c1-21(25,20(23)24)19-15(7-8-17-16(19)5-2-10-22-17)13-6-9-18-14(12-13)4-3-11-26-18/h2,5-10,12,25H,3-4,11H2,1H3,(H,23,24). The van der Waals surface area contributed by atoms with E-state index in [1.807, 2.05) is 30.3 Å². The maximum absolute atomic E-state index is 11.8. The van der Waals surface area contributed by atoms with E-state index in [1.54, 1.807) is 18.3 Å². The summed E-state index contributed by atoms with van der Waals surface area (Å²) in [5.74, 6) is -0.426. The Balaban J connectivity index is 2.00. The van der Waals surface area contributed by atoms with Gasteiger partial charge in [0.1, 0.15) is 5.75 Å². The third kappa shape index (κ3) is 2.61. The highest BCUT2D eigenvalue weighted by molar-refractivity contribution is 5.96. The van der Waals surface area contributed by atoms with Crippen molar-refractivity contribution in [2.24, 2.45) is 0 Å². The van der Waals surface area contributed by atoms with E-state index in [4.69, 9.17) is 4.74 Å². The highest BCUT2D eigenvalue weighted by Crippen LogP contribution is 2.39. The van der Waals surface area contributed by atoms with Crippen LogP contribution >= 0.6 is 0 Å². The zero-order valence-corrected chi connectivity index (χ0v) is 14.4. The van der Waals surface area contributed by atoms with Gasteiger partial charge in [-0.3, -0.25) is 4.98 Å². The van der Waals surface area contributed by atoms with Gasteiger partial charge < -0.3 is 14.9 Å². The van der Waals surface area contributed by atoms with Gasteiger partial charge in [0.25, 0.3) is 0 Å². The van der Waals surface area contributed by atoms with E-state index in [0.717, 1.165) is 29.7 Å². The molecule has 1 atom stereocenters. The number of aliphatic carboxylic acids is 1. The fourth-order valence-corrected chi connectivity index (χ4v) is 3.55. The van der Waals surface area contributed by atoms with Crippen molar-refractivity contribution in [1.82, 2.24) is 4.98 Å². The zero-order valence-electron chi connectivity index (χ0n) is 14.4. The van der Waals surface area contributed by atoms with E-state index in [2.05, 4.69) is 4.98 Å². The van der Waals surface area contributed by atoms with Crippen molar-refractivity contribution >= 4 is 16.9 Å². The molecule has 0 amide bonds. The Morgan fingerprint density at radius 2 is 2.08 bits per heavy atom. The predicted molar refractivity (Wildman–Crippen MR) is 98.2 cm³/mol. The number of aliphatic hydroxyl groups is 1. The van der Waals surface area contributed by atoms with E-state index in [-0.39, 0.29) is 0 Å². The molecule has 0 aliphatic carbocycles. The molecule has 1 aromatic heterocycles. The number of fused-ring (bicyclic) bond motifs is 2. The molecule has 2 N–H and O–H groups in total. The van der Waals surface area contributed by atoms with Crippen LogP contribution < -0.4 is 4.74 Å². The summed E-state index contributed by atoms with van der Waals surface area (Å²) in [5.41, 5.74) is 1.61. The van der Waals surface area contributed by atoms with Crippen LogP contribution in [0.2, 0.25) is 0 Å². The molecule has 2 heterocycles. The molecule has 1 unspecified atom stereocenters. The molecule has 2 aromatic carbocycles. The summed E-state index contributed by atoms with van der Waals surface area (Å²) in [5, 5.41) is 21.0. The SMILES string of the molecule is CC(O)(C(=O)O)c1c(-c2ccc3c(c2)CCCO3)ccc2ncccc12. The second-order valence-corrected chi connectivity index (χ2v) is 6.71. The number of aromatic nitrogens is 1. The maximum Gasteiger partial charge on any atom is 0.340 e. The Hall–Kier alpha value is -2.92. The van der Waals surface area contributed by atoms with Crippen molar-refractivity contribution in [3.63, 3.8) is 0 Å². The van der Waals surface area contributed by atoms with Crippen LogP contribution in [0.15, 0.2) is 48.7 Å². The molecule has 0 saturated carbocycles. The summed E-state index contributed by atoms with van der Waals surface area (Å²) in [6.45, 7) is 2.02. The van der Waals surface area contributed by atoms with Crippen LogP contribution in [-0.4, -0.2) is 27.8 Å². The van der Waals surface area contributed by atoms with Crippen LogP contribution in [0.3, 0.4) is 0 Å². The van der Waals surface area contributed by atoms with Crippen LogP contribution in [-0.2, 0) is 16.8 Å². The fraction of sp³-hybridized carbons (Fsp3) is 0.238. The smallest absolute Gasteiger partial charge is 0.340 e. The minimum absolute atomic E-state index is 0.354. The Morgan fingerprint density at radius 3 is 2.88 bits per heavy atom. The molecule has 1 aliphatic rings. The number of hydrogen-bond donors (Lipinski definition) is 2. The number of aryl methyl sites for hydroxylation is 1. The first-order valence-corrected chi connectivity index (χ1v) is 8.58. The molecule has 0 bridgehead atoms. The normalized spacial score (nSPS) is 15.8. The van der Waals surface area contributed by atoms with Gasteiger partial charge in [-0.15, -0.1) is 0 Å². The molecule has 3 aromatic rings. The molecule has 5 nitrogen and oxygen atoms in total. The van der Waals surface area contributed by atoms with Gasteiger partial charge in [0.05, 0.1) is 12.1 Å². The highest BCUT2D eigenvalue weighted by atomic mass is 16.5. The van der Waals surface area contributed by atoms with Crippen molar-refractivity contribution in [2.45, 2.75) is 25.4 Å². The summed E-state index contributed by atoms with van der Waals surface area (Å²) in [6, 6.07) is 13.1. The summed E-state index contributed by atoms with van der Waals surface area (Å²) < 4.78 is 5.67. The van der Waals surface area contributed by atoms with Crippen LogP contribution in [0, 0.1) is 0 Å². The van der Waals surface area contributed by atoms with E-state index in [1.165, 1.54) is 6.92 Å². The van der Waals surface area contributed by atoms with E-state index in [0.29, 0.717) is 28.6 Å². The molecule has 0 spiro atoms. The maximum atomic E-state index is 11.8. The summed E-state index contributed by atoms with van der Waals surface area (Å²) >= 11 is 0. The summed E-state index contributed by atoms with van der Waals surface area (Å²) in [7, 11) is 0. The lowest BCUT2D eigenvalue weighted by Gasteiger charge is -2.25.